The standard InChI is InChI=1S/C23H33ClN4O2S/c1-17-9-10-18(24)15-20(17)26-11-13-27(14-12-26)31(29,30)21-16-28(19-7-5-6-8-19)25-22(21)23(2,3)4/h9-10,15-16,19H,5-8,11-14H2,1-4H3. The predicted octanol–water partition coefficient (Wildman–Crippen LogP) is 4.77. The molecule has 1 aromatic carbocycles. The molecule has 0 spiro atoms. The number of rotatable bonds is 4. The Bertz CT molecular complexity index is 1040. The summed E-state index contributed by atoms with van der Waals surface area (Å²) in [4.78, 5) is 2.60. The molecule has 170 valence electrons. The predicted molar refractivity (Wildman–Crippen MR) is 126 cm³/mol. The molecule has 0 bridgehead atoms. The zero-order valence-electron chi connectivity index (χ0n) is 18.9. The fourth-order valence-electron chi connectivity index (χ4n) is 4.67. The van der Waals surface area contributed by atoms with Crippen molar-refractivity contribution in [2.75, 3.05) is 31.1 Å². The smallest absolute Gasteiger partial charge is 0.246 e. The Morgan fingerprint density at radius 3 is 2.32 bits per heavy atom. The van der Waals surface area contributed by atoms with Crippen molar-refractivity contribution in [2.45, 2.75) is 69.7 Å². The number of hydrogen-bond acceptors (Lipinski definition) is 4. The molecule has 8 heteroatoms. The van der Waals surface area contributed by atoms with E-state index in [9.17, 15) is 8.42 Å². The molecule has 4 rings (SSSR count). The van der Waals surface area contributed by atoms with Crippen LogP contribution in [0.5, 0.6) is 0 Å². The second kappa shape index (κ2) is 8.41. The monoisotopic (exact) mass is 464 g/mol. The molecule has 0 unspecified atom stereocenters. The second-order valence-electron chi connectivity index (χ2n) is 9.83. The molecule has 1 aliphatic carbocycles. The van der Waals surface area contributed by atoms with Crippen LogP contribution in [0.4, 0.5) is 5.69 Å². The number of benzene rings is 1. The first kappa shape index (κ1) is 22.6. The van der Waals surface area contributed by atoms with Crippen LogP contribution in [0.1, 0.15) is 63.8 Å². The topological polar surface area (TPSA) is 58.4 Å². The van der Waals surface area contributed by atoms with Crippen LogP contribution in [0.2, 0.25) is 5.02 Å². The number of sulfonamides is 1. The van der Waals surface area contributed by atoms with Gasteiger partial charge >= 0.3 is 0 Å². The van der Waals surface area contributed by atoms with Crippen LogP contribution in [0.15, 0.2) is 29.3 Å². The van der Waals surface area contributed by atoms with Gasteiger partial charge in [-0.05, 0) is 37.5 Å². The van der Waals surface area contributed by atoms with Crippen molar-refractivity contribution >= 4 is 27.3 Å². The molecule has 1 aliphatic heterocycles. The fraction of sp³-hybridized carbons (Fsp3) is 0.609. The van der Waals surface area contributed by atoms with E-state index in [0.717, 1.165) is 24.1 Å². The van der Waals surface area contributed by atoms with E-state index >= 15 is 0 Å². The lowest BCUT2D eigenvalue weighted by molar-refractivity contribution is 0.383. The molecule has 1 saturated carbocycles. The van der Waals surface area contributed by atoms with Gasteiger partial charge in [0, 0.05) is 48.5 Å². The van der Waals surface area contributed by atoms with Crippen molar-refractivity contribution in [1.82, 2.24) is 14.1 Å². The van der Waals surface area contributed by atoms with Crippen LogP contribution >= 0.6 is 11.6 Å². The molecule has 1 saturated heterocycles. The third kappa shape index (κ3) is 4.50. The van der Waals surface area contributed by atoms with Gasteiger partial charge in [0.2, 0.25) is 10.0 Å². The molecule has 2 heterocycles. The van der Waals surface area contributed by atoms with E-state index < -0.39 is 10.0 Å². The molecule has 0 amide bonds. The maximum atomic E-state index is 13.7. The average Bonchev–Trinajstić information content (AvgIpc) is 3.39. The number of piperazine rings is 1. The summed E-state index contributed by atoms with van der Waals surface area (Å²) in [7, 11) is -3.61. The van der Waals surface area contributed by atoms with Gasteiger partial charge < -0.3 is 4.90 Å². The lowest BCUT2D eigenvalue weighted by Gasteiger charge is -2.36. The lowest BCUT2D eigenvalue weighted by Crippen LogP contribution is -2.49. The summed E-state index contributed by atoms with van der Waals surface area (Å²) in [6.45, 7) is 10.3. The van der Waals surface area contributed by atoms with Crippen LogP contribution in [0, 0.1) is 6.92 Å². The van der Waals surface area contributed by atoms with Crippen molar-refractivity contribution in [3.63, 3.8) is 0 Å². The number of aromatic nitrogens is 2. The lowest BCUT2D eigenvalue weighted by atomic mass is 9.92. The molecule has 2 aromatic rings. The molecule has 2 aliphatic rings. The molecular weight excluding hydrogens is 432 g/mol. The number of anilines is 1. The summed E-state index contributed by atoms with van der Waals surface area (Å²) < 4.78 is 30.9. The normalized spacial score (nSPS) is 19.3. The Balaban J connectivity index is 1.58. The minimum absolute atomic E-state index is 0.313. The van der Waals surface area contributed by atoms with E-state index in [-0.39, 0.29) is 5.41 Å². The Kier molecular flexibility index (Phi) is 6.14. The van der Waals surface area contributed by atoms with Gasteiger partial charge in [0.05, 0.1) is 11.7 Å². The van der Waals surface area contributed by atoms with E-state index in [1.165, 1.54) is 12.8 Å². The summed E-state index contributed by atoms with van der Waals surface area (Å²) >= 11 is 6.19. The van der Waals surface area contributed by atoms with E-state index in [1.54, 1.807) is 10.5 Å². The number of aryl methyl sites for hydroxylation is 1. The van der Waals surface area contributed by atoms with E-state index in [2.05, 4.69) is 11.8 Å². The minimum Gasteiger partial charge on any atom is -0.369 e. The summed E-state index contributed by atoms with van der Waals surface area (Å²) in [5, 5.41) is 5.49. The number of halogens is 1. The van der Waals surface area contributed by atoms with Crippen LogP contribution in [-0.2, 0) is 15.4 Å². The van der Waals surface area contributed by atoms with Gasteiger partial charge in [-0.1, -0.05) is 51.3 Å². The van der Waals surface area contributed by atoms with Gasteiger partial charge in [0.25, 0.3) is 0 Å². The molecule has 0 N–H and O–H groups in total. The summed E-state index contributed by atoms with van der Waals surface area (Å²) in [5.74, 6) is 0. The zero-order valence-corrected chi connectivity index (χ0v) is 20.5. The highest BCUT2D eigenvalue weighted by atomic mass is 35.5. The van der Waals surface area contributed by atoms with Gasteiger partial charge in [-0.15, -0.1) is 0 Å². The zero-order chi connectivity index (χ0) is 22.4. The van der Waals surface area contributed by atoms with Crippen molar-refractivity contribution in [2.24, 2.45) is 0 Å². The van der Waals surface area contributed by atoms with Gasteiger partial charge in [-0.3, -0.25) is 4.68 Å². The third-order valence-electron chi connectivity index (χ3n) is 6.48. The molecule has 6 nitrogen and oxygen atoms in total. The second-order valence-corrected chi connectivity index (χ2v) is 12.2. The minimum atomic E-state index is -3.61. The van der Waals surface area contributed by atoms with Gasteiger partial charge in [0.1, 0.15) is 4.90 Å². The Morgan fingerprint density at radius 2 is 1.71 bits per heavy atom. The Labute approximate surface area is 191 Å². The van der Waals surface area contributed by atoms with Crippen molar-refractivity contribution in [3.8, 4) is 0 Å². The van der Waals surface area contributed by atoms with Crippen LogP contribution in [0.3, 0.4) is 0 Å². The molecule has 0 atom stereocenters. The average molecular weight is 465 g/mol. The summed E-state index contributed by atoms with van der Waals surface area (Å²) in [6, 6.07) is 6.17. The van der Waals surface area contributed by atoms with E-state index in [4.69, 9.17) is 16.7 Å². The molecular formula is C23H33ClN4O2S. The maximum Gasteiger partial charge on any atom is 0.246 e. The van der Waals surface area contributed by atoms with Gasteiger partial charge in [-0.25, -0.2) is 8.42 Å². The quantitative estimate of drug-likeness (QED) is 0.654. The van der Waals surface area contributed by atoms with Crippen LogP contribution in [-0.4, -0.2) is 48.7 Å². The summed E-state index contributed by atoms with van der Waals surface area (Å²) in [6.07, 6.45) is 6.30. The van der Waals surface area contributed by atoms with Crippen molar-refractivity contribution < 1.29 is 8.42 Å². The molecule has 1 aromatic heterocycles. The highest BCUT2D eigenvalue weighted by molar-refractivity contribution is 7.89. The largest absolute Gasteiger partial charge is 0.369 e. The number of nitrogens with zero attached hydrogens (tertiary/aromatic N) is 4. The van der Waals surface area contributed by atoms with Gasteiger partial charge in [0.15, 0.2) is 0 Å². The third-order valence-corrected chi connectivity index (χ3v) is 8.61. The highest BCUT2D eigenvalue weighted by Gasteiger charge is 2.36. The highest BCUT2D eigenvalue weighted by Crippen LogP contribution is 2.35. The van der Waals surface area contributed by atoms with E-state index in [0.29, 0.717) is 47.8 Å². The number of hydrogen-bond donors (Lipinski definition) is 0. The first-order chi connectivity index (χ1) is 14.6. The summed E-state index contributed by atoms with van der Waals surface area (Å²) in [5.41, 5.74) is 2.56. The van der Waals surface area contributed by atoms with Crippen LogP contribution < -0.4 is 4.90 Å². The van der Waals surface area contributed by atoms with Gasteiger partial charge in [-0.2, -0.15) is 9.40 Å². The van der Waals surface area contributed by atoms with Crippen LogP contribution in [0.25, 0.3) is 0 Å². The SMILES string of the molecule is Cc1ccc(Cl)cc1N1CCN(S(=O)(=O)c2cn(C3CCCC3)nc2C(C)(C)C)CC1. The molecule has 0 radical (unpaired) electrons. The maximum absolute atomic E-state index is 13.7. The Morgan fingerprint density at radius 1 is 1.06 bits per heavy atom. The Hall–Kier alpha value is -1.57. The first-order valence-electron chi connectivity index (χ1n) is 11.2. The van der Waals surface area contributed by atoms with Crippen molar-refractivity contribution in [1.29, 1.82) is 0 Å². The first-order valence-corrected chi connectivity index (χ1v) is 13.0. The molecule has 2 fully saturated rings. The van der Waals surface area contributed by atoms with Crippen molar-refractivity contribution in [3.05, 3.63) is 40.7 Å². The van der Waals surface area contributed by atoms with E-state index in [1.807, 2.05) is 43.7 Å². The molecule has 31 heavy (non-hydrogen) atoms. The fourth-order valence-corrected chi connectivity index (χ4v) is 6.59.